The molecule has 0 N–H and O–H groups in total. The van der Waals surface area contributed by atoms with Gasteiger partial charge in [0, 0.05) is 24.4 Å². The van der Waals surface area contributed by atoms with Crippen LogP contribution in [0.25, 0.3) is 0 Å². The third-order valence-electron chi connectivity index (χ3n) is 4.46. The van der Waals surface area contributed by atoms with E-state index >= 15 is 0 Å². The highest BCUT2D eigenvalue weighted by Gasteiger charge is 2.34. The van der Waals surface area contributed by atoms with Crippen LogP contribution in [0.4, 0.5) is 0 Å². The molecule has 1 aromatic heterocycles. The maximum Gasteiger partial charge on any atom is 0.0941 e. The van der Waals surface area contributed by atoms with Gasteiger partial charge in [-0.15, -0.1) is 22.9 Å². The minimum atomic E-state index is 0.547. The Bertz CT molecular complexity index is 393. The van der Waals surface area contributed by atoms with Gasteiger partial charge >= 0.3 is 0 Å². The summed E-state index contributed by atoms with van der Waals surface area (Å²) in [5, 5.41) is 3.35. The SMILES string of the molecule is ClCc1csc(CCN2CCCC3CCCC32)n1. The van der Waals surface area contributed by atoms with E-state index in [0.717, 1.165) is 24.1 Å². The highest BCUT2D eigenvalue weighted by Crippen LogP contribution is 2.36. The van der Waals surface area contributed by atoms with Crippen molar-refractivity contribution in [1.29, 1.82) is 0 Å². The van der Waals surface area contributed by atoms with Crippen molar-refractivity contribution in [1.82, 2.24) is 9.88 Å². The van der Waals surface area contributed by atoms with E-state index in [4.69, 9.17) is 11.6 Å². The monoisotopic (exact) mass is 284 g/mol. The molecule has 2 heterocycles. The zero-order valence-corrected chi connectivity index (χ0v) is 12.3. The molecule has 2 nitrogen and oxygen atoms in total. The fourth-order valence-corrected chi connectivity index (χ4v) is 4.61. The first-order chi connectivity index (χ1) is 8.86. The summed E-state index contributed by atoms with van der Waals surface area (Å²) in [6.07, 6.45) is 8.30. The molecule has 1 aromatic rings. The smallest absolute Gasteiger partial charge is 0.0941 e. The van der Waals surface area contributed by atoms with Crippen molar-refractivity contribution in [2.75, 3.05) is 13.1 Å². The zero-order chi connectivity index (χ0) is 12.4. The highest BCUT2D eigenvalue weighted by atomic mass is 35.5. The second-order valence-corrected chi connectivity index (χ2v) is 6.76. The van der Waals surface area contributed by atoms with E-state index in [1.807, 2.05) is 0 Å². The Morgan fingerprint density at radius 3 is 3.06 bits per heavy atom. The Morgan fingerprint density at radius 1 is 1.33 bits per heavy atom. The molecule has 2 unspecified atom stereocenters. The summed E-state index contributed by atoms with van der Waals surface area (Å²) < 4.78 is 0. The van der Waals surface area contributed by atoms with Crippen LogP contribution in [-0.4, -0.2) is 29.0 Å². The number of alkyl halides is 1. The van der Waals surface area contributed by atoms with Gasteiger partial charge < -0.3 is 0 Å². The number of halogens is 1. The van der Waals surface area contributed by atoms with Gasteiger partial charge in [-0.2, -0.15) is 0 Å². The molecule has 100 valence electrons. The third kappa shape index (κ3) is 2.73. The molecule has 0 amide bonds. The summed E-state index contributed by atoms with van der Waals surface area (Å²) in [6, 6.07) is 0.881. The average molecular weight is 285 g/mol. The summed E-state index contributed by atoms with van der Waals surface area (Å²) >= 11 is 7.56. The number of hydrogen-bond donors (Lipinski definition) is 0. The molecule has 0 spiro atoms. The highest BCUT2D eigenvalue weighted by molar-refractivity contribution is 7.09. The molecule has 4 heteroatoms. The quantitative estimate of drug-likeness (QED) is 0.784. The minimum absolute atomic E-state index is 0.547. The van der Waals surface area contributed by atoms with Gasteiger partial charge in [-0.25, -0.2) is 4.98 Å². The number of piperidine rings is 1. The maximum atomic E-state index is 5.80. The Morgan fingerprint density at radius 2 is 2.22 bits per heavy atom. The summed E-state index contributed by atoms with van der Waals surface area (Å²) in [4.78, 5) is 7.28. The number of likely N-dealkylation sites (tertiary alicyclic amines) is 1. The number of thiazole rings is 1. The minimum Gasteiger partial charge on any atom is -0.300 e. The normalized spacial score (nSPS) is 28.5. The molecular weight excluding hydrogens is 264 g/mol. The molecular formula is C14H21ClN2S. The first-order valence-corrected chi connectivity index (χ1v) is 8.51. The van der Waals surface area contributed by atoms with Crippen LogP contribution in [0.15, 0.2) is 5.38 Å². The molecule has 0 radical (unpaired) electrons. The Hall–Kier alpha value is -0.120. The molecule has 2 fully saturated rings. The van der Waals surface area contributed by atoms with Crippen LogP contribution in [0.2, 0.25) is 0 Å². The lowest BCUT2D eigenvalue weighted by Crippen LogP contribution is -2.43. The number of nitrogens with zero attached hydrogens (tertiary/aromatic N) is 2. The van der Waals surface area contributed by atoms with Gasteiger partial charge in [0.05, 0.1) is 16.6 Å². The summed E-state index contributed by atoms with van der Waals surface area (Å²) in [6.45, 7) is 2.49. The number of fused-ring (bicyclic) bond motifs is 1. The first-order valence-electron chi connectivity index (χ1n) is 7.10. The second kappa shape index (κ2) is 5.89. The zero-order valence-electron chi connectivity index (χ0n) is 10.8. The lowest BCUT2D eigenvalue weighted by molar-refractivity contribution is 0.115. The Kier molecular flexibility index (Phi) is 4.22. The molecule has 3 rings (SSSR count). The summed E-state index contributed by atoms with van der Waals surface area (Å²) in [5.74, 6) is 1.54. The van der Waals surface area contributed by atoms with Crippen LogP contribution in [0.1, 0.15) is 42.8 Å². The molecule has 18 heavy (non-hydrogen) atoms. The molecule has 0 bridgehead atoms. The topological polar surface area (TPSA) is 16.1 Å². The van der Waals surface area contributed by atoms with Crippen LogP contribution in [0.3, 0.4) is 0 Å². The van der Waals surface area contributed by atoms with E-state index in [1.165, 1.54) is 50.2 Å². The van der Waals surface area contributed by atoms with Gasteiger partial charge in [0.25, 0.3) is 0 Å². The first kappa shape index (κ1) is 12.9. The number of aromatic nitrogens is 1. The average Bonchev–Trinajstić information content (AvgIpc) is 3.05. The molecule has 1 aliphatic heterocycles. The molecule has 2 atom stereocenters. The van der Waals surface area contributed by atoms with Crippen molar-refractivity contribution >= 4 is 22.9 Å². The Labute approximate surface area is 118 Å². The van der Waals surface area contributed by atoms with Crippen LogP contribution in [0.5, 0.6) is 0 Å². The molecule has 0 aromatic carbocycles. The van der Waals surface area contributed by atoms with Crippen LogP contribution >= 0.6 is 22.9 Å². The van der Waals surface area contributed by atoms with Crippen LogP contribution < -0.4 is 0 Å². The van der Waals surface area contributed by atoms with Crippen molar-refractivity contribution in [2.45, 2.75) is 50.4 Å². The fraction of sp³-hybridized carbons (Fsp3) is 0.786. The van der Waals surface area contributed by atoms with E-state index in [0.29, 0.717) is 5.88 Å². The summed E-state index contributed by atoms with van der Waals surface area (Å²) in [5.41, 5.74) is 1.04. The van der Waals surface area contributed by atoms with E-state index in [9.17, 15) is 0 Å². The van der Waals surface area contributed by atoms with E-state index in [-0.39, 0.29) is 0 Å². The van der Waals surface area contributed by atoms with Crippen molar-refractivity contribution in [3.05, 3.63) is 16.1 Å². The predicted molar refractivity (Wildman–Crippen MR) is 77.3 cm³/mol. The fourth-order valence-electron chi connectivity index (χ4n) is 3.60. The van der Waals surface area contributed by atoms with Gasteiger partial charge in [0.1, 0.15) is 0 Å². The van der Waals surface area contributed by atoms with Gasteiger partial charge in [-0.05, 0) is 38.1 Å². The van der Waals surface area contributed by atoms with Crippen molar-refractivity contribution in [2.24, 2.45) is 5.92 Å². The van der Waals surface area contributed by atoms with Crippen molar-refractivity contribution in [3.63, 3.8) is 0 Å². The van der Waals surface area contributed by atoms with E-state index in [2.05, 4.69) is 15.3 Å². The van der Waals surface area contributed by atoms with Gasteiger partial charge in [-0.1, -0.05) is 6.42 Å². The largest absolute Gasteiger partial charge is 0.300 e. The van der Waals surface area contributed by atoms with Crippen molar-refractivity contribution in [3.8, 4) is 0 Å². The third-order valence-corrected chi connectivity index (χ3v) is 5.69. The van der Waals surface area contributed by atoms with Gasteiger partial charge in [0.2, 0.25) is 0 Å². The Balaban J connectivity index is 1.55. The van der Waals surface area contributed by atoms with E-state index in [1.54, 1.807) is 11.3 Å². The molecule has 1 saturated heterocycles. The lowest BCUT2D eigenvalue weighted by atomic mass is 9.92. The summed E-state index contributed by atoms with van der Waals surface area (Å²) in [7, 11) is 0. The predicted octanol–water partition coefficient (Wildman–Crippen LogP) is 3.69. The van der Waals surface area contributed by atoms with Gasteiger partial charge in [0.15, 0.2) is 0 Å². The standard InChI is InChI=1S/C14H21ClN2S/c15-9-12-10-18-14(16-12)6-8-17-7-2-4-11-3-1-5-13(11)17/h10-11,13H,1-9H2. The molecule has 1 aliphatic carbocycles. The molecule has 1 saturated carbocycles. The maximum absolute atomic E-state index is 5.80. The van der Waals surface area contributed by atoms with Crippen molar-refractivity contribution < 1.29 is 0 Å². The van der Waals surface area contributed by atoms with Crippen LogP contribution in [-0.2, 0) is 12.3 Å². The number of rotatable bonds is 4. The number of hydrogen-bond acceptors (Lipinski definition) is 3. The van der Waals surface area contributed by atoms with Gasteiger partial charge in [-0.3, -0.25) is 4.90 Å². The lowest BCUT2D eigenvalue weighted by Gasteiger charge is -2.37. The van der Waals surface area contributed by atoms with Crippen LogP contribution in [0, 0.1) is 5.92 Å². The van der Waals surface area contributed by atoms with E-state index < -0.39 is 0 Å². The second-order valence-electron chi connectivity index (χ2n) is 5.55. The molecule has 2 aliphatic rings.